The molecule has 0 saturated heterocycles. The van der Waals surface area contributed by atoms with Crippen LogP contribution in [0.5, 0.6) is 0 Å². The van der Waals surface area contributed by atoms with Gasteiger partial charge in [0.1, 0.15) is 5.01 Å². The zero-order valence-corrected chi connectivity index (χ0v) is 12.6. The van der Waals surface area contributed by atoms with Crippen LogP contribution < -0.4 is 5.32 Å². The maximum absolute atomic E-state index is 11.9. The third-order valence-corrected chi connectivity index (χ3v) is 5.24. The van der Waals surface area contributed by atoms with E-state index in [2.05, 4.69) is 15.7 Å². The fourth-order valence-electron chi connectivity index (χ4n) is 1.99. The Balaban J connectivity index is 1.54. The maximum Gasteiger partial charge on any atom is 0.226 e. The third-order valence-electron chi connectivity index (χ3n) is 3.61. The van der Waals surface area contributed by atoms with Gasteiger partial charge in [0.2, 0.25) is 5.91 Å². The molecule has 6 heteroatoms. The van der Waals surface area contributed by atoms with Crippen LogP contribution in [0, 0.1) is 5.41 Å². The smallest absolute Gasteiger partial charge is 0.226 e. The summed E-state index contributed by atoms with van der Waals surface area (Å²) in [6.45, 7) is 0.732. The van der Waals surface area contributed by atoms with E-state index in [1.807, 2.05) is 16.8 Å². The van der Waals surface area contributed by atoms with Crippen LogP contribution in [0.15, 0.2) is 22.2 Å². The van der Waals surface area contributed by atoms with Gasteiger partial charge in [0.25, 0.3) is 0 Å². The SMILES string of the molecule is O=C(Cc1csc(-c2ccsc2)n1)NCC1(CO)CC1. The average Bonchev–Trinajstić information content (AvgIpc) is 2.86. The van der Waals surface area contributed by atoms with Crippen molar-refractivity contribution in [1.29, 1.82) is 0 Å². The van der Waals surface area contributed by atoms with Crippen LogP contribution in [0.3, 0.4) is 0 Å². The number of nitrogens with zero attached hydrogens (tertiary/aromatic N) is 1. The van der Waals surface area contributed by atoms with E-state index in [0.717, 1.165) is 29.1 Å². The molecule has 2 aromatic rings. The maximum atomic E-state index is 11.9. The minimum Gasteiger partial charge on any atom is -0.396 e. The molecule has 1 saturated carbocycles. The summed E-state index contributed by atoms with van der Waals surface area (Å²) in [5.74, 6) is -0.0214. The Morgan fingerprint density at radius 3 is 2.95 bits per heavy atom. The number of aliphatic hydroxyl groups excluding tert-OH is 1. The van der Waals surface area contributed by atoms with Crippen LogP contribution in [0.25, 0.3) is 10.6 Å². The lowest BCUT2D eigenvalue weighted by Gasteiger charge is -2.12. The summed E-state index contributed by atoms with van der Waals surface area (Å²) < 4.78 is 0. The van der Waals surface area contributed by atoms with Crippen molar-refractivity contribution in [2.75, 3.05) is 13.2 Å². The fourth-order valence-corrected chi connectivity index (χ4v) is 3.52. The molecule has 3 rings (SSSR count). The molecule has 2 N–H and O–H groups in total. The summed E-state index contributed by atoms with van der Waals surface area (Å²) in [5, 5.41) is 19.1. The first kappa shape index (κ1) is 13.7. The Bertz CT molecular complexity index is 588. The number of carbonyl (C=O) groups is 1. The number of aliphatic hydroxyl groups is 1. The normalized spacial score (nSPS) is 16.1. The molecule has 106 valence electrons. The van der Waals surface area contributed by atoms with Gasteiger partial charge in [-0.2, -0.15) is 11.3 Å². The first-order chi connectivity index (χ1) is 9.71. The molecular formula is C14H16N2O2S2. The number of aromatic nitrogens is 1. The highest BCUT2D eigenvalue weighted by Gasteiger charge is 2.42. The minimum atomic E-state index is -0.0421. The van der Waals surface area contributed by atoms with Gasteiger partial charge in [-0.05, 0) is 24.3 Å². The van der Waals surface area contributed by atoms with Crippen LogP contribution in [0.2, 0.25) is 0 Å². The molecule has 2 aromatic heterocycles. The Kier molecular flexibility index (Phi) is 3.87. The van der Waals surface area contributed by atoms with Gasteiger partial charge in [-0.25, -0.2) is 4.98 Å². The van der Waals surface area contributed by atoms with Crippen molar-refractivity contribution in [2.24, 2.45) is 5.41 Å². The number of rotatable bonds is 6. The monoisotopic (exact) mass is 308 g/mol. The number of thiazole rings is 1. The van der Waals surface area contributed by atoms with Crippen molar-refractivity contribution in [3.8, 4) is 10.6 Å². The Hall–Kier alpha value is -1.24. The number of amides is 1. The standard InChI is InChI=1S/C14H16N2O2S2/c17-9-14(2-3-14)8-15-12(18)5-11-7-20-13(16-11)10-1-4-19-6-10/h1,4,6-7,17H,2-3,5,8-9H2,(H,15,18). The second kappa shape index (κ2) is 5.63. The van der Waals surface area contributed by atoms with E-state index in [9.17, 15) is 9.90 Å². The molecule has 0 aromatic carbocycles. The second-order valence-corrected chi connectivity index (χ2v) is 6.91. The minimum absolute atomic E-state index is 0.0214. The van der Waals surface area contributed by atoms with Crippen molar-refractivity contribution in [3.63, 3.8) is 0 Å². The van der Waals surface area contributed by atoms with E-state index in [1.54, 1.807) is 22.7 Å². The van der Waals surface area contributed by atoms with E-state index >= 15 is 0 Å². The molecule has 0 aliphatic heterocycles. The lowest BCUT2D eigenvalue weighted by atomic mass is 10.1. The van der Waals surface area contributed by atoms with Gasteiger partial charge in [0.15, 0.2) is 0 Å². The molecule has 4 nitrogen and oxygen atoms in total. The van der Waals surface area contributed by atoms with Crippen LogP contribution in [0.1, 0.15) is 18.5 Å². The molecular weight excluding hydrogens is 292 g/mol. The van der Waals surface area contributed by atoms with Crippen LogP contribution >= 0.6 is 22.7 Å². The first-order valence-electron chi connectivity index (χ1n) is 6.55. The van der Waals surface area contributed by atoms with Gasteiger partial charge in [-0.15, -0.1) is 11.3 Å². The molecule has 1 aliphatic carbocycles. The van der Waals surface area contributed by atoms with Crippen molar-refractivity contribution in [2.45, 2.75) is 19.3 Å². The Morgan fingerprint density at radius 1 is 1.45 bits per heavy atom. The molecule has 2 heterocycles. The summed E-state index contributed by atoms with van der Waals surface area (Å²) >= 11 is 3.21. The summed E-state index contributed by atoms with van der Waals surface area (Å²) in [6, 6.07) is 2.03. The molecule has 1 fully saturated rings. The molecule has 0 bridgehead atoms. The van der Waals surface area contributed by atoms with Gasteiger partial charge in [-0.3, -0.25) is 4.79 Å². The van der Waals surface area contributed by atoms with Crippen molar-refractivity contribution in [3.05, 3.63) is 27.9 Å². The van der Waals surface area contributed by atoms with Gasteiger partial charge in [-0.1, -0.05) is 0 Å². The Morgan fingerprint density at radius 2 is 2.30 bits per heavy atom. The number of nitrogens with one attached hydrogen (secondary N) is 1. The van der Waals surface area contributed by atoms with Gasteiger partial charge < -0.3 is 10.4 Å². The summed E-state index contributed by atoms with van der Waals surface area (Å²) in [5.41, 5.74) is 1.88. The summed E-state index contributed by atoms with van der Waals surface area (Å²) in [4.78, 5) is 16.4. The van der Waals surface area contributed by atoms with Crippen LogP contribution in [-0.4, -0.2) is 29.1 Å². The van der Waals surface area contributed by atoms with Crippen molar-refractivity contribution in [1.82, 2.24) is 10.3 Å². The first-order valence-corrected chi connectivity index (χ1v) is 8.38. The molecule has 0 unspecified atom stereocenters. The summed E-state index contributed by atoms with van der Waals surface area (Å²) in [6.07, 6.45) is 2.31. The molecule has 0 radical (unpaired) electrons. The van der Waals surface area contributed by atoms with E-state index in [4.69, 9.17) is 0 Å². The van der Waals surface area contributed by atoms with Gasteiger partial charge in [0, 0.05) is 28.3 Å². The number of hydrogen-bond donors (Lipinski definition) is 2. The lowest BCUT2D eigenvalue weighted by molar-refractivity contribution is -0.120. The third kappa shape index (κ3) is 3.08. The lowest BCUT2D eigenvalue weighted by Crippen LogP contribution is -2.32. The predicted octanol–water partition coefficient (Wildman–Crippen LogP) is 2.30. The number of hydrogen-bond acceptors (Lipinski definition) is 5. The van der Waals surface area contributed by atoms with Crippen molar-refractivity contribution < 1.29 is 9.90 Å². The number of thiophene rings is 1. The quantitative estimate of drug-likeness (QED) is 0.861. The van der Waals surface area contributed by atoms with E-state index in [0.29, 0.717) is 13.0 Å². The van der Waals surface area contributed by atoms with Crippen molar-refractivity contribution >= 4 is 28.6 Å². The number of carbonyl (C=O) groups excluding carboxylic acids is 1. The van der Waals surface area contributed by atoms with Crippen LogP contribution in [-0.2, 0) is 11.2 Å². The Labute approximate surface area is 125 Å². The van der Waals surface area contributed by atoms with E-state index in [-0.39, 0.29) is 17.9 Å². The van der Waals surface area contributed by atoms with Crippen LogP contribution in [0.4, 0.5) is 0 Å². The highest BCUT2D eigenvalue weighted by Crippen LogP contribution is 2.44. The molecule has 0 spiro atoms. The largest absolute Gasteiger partial charge is 0.396 e. The molecule has 20 heavy (non-hydrogen) atoms. The molecule has 1 amide bonds. The topological polar surface area (TPSA) is 62.2 Å². The van der Waals surface area contributed by atoms with E-state index < -0.39 is 0 Å². The fraction of sp³-hybridized carbons (Fsp3) is 0.429. The average molecular weight is 308 g/mol. The predicted molar refractivity (Wildman–Crippen MR) is 80.9 cm³/mol. The zero-order chi connectivity index (χ0) is 14.0. The highest BCUT2D eigenvalue weighted by atomic mass is 32.1. The highest BCUT2D eigenvalue weighted by molar-refractivity contribution is 7.14. The van der Waals surface area contributed by atoms with Gasteiger partial charge >= 0.3 is 0 Å². The molecule has 0 atom stereocenters. The second-order valence-electron chi connectivity index (χ2n) is 5.27. The molecule has 1 aliphatic rings. The summed E-state index contributed by atoms with van der Waals surface area (Å²) in [7, 11) is 0. The van der Waals surface area contributed by atoms with E-state index in [1.165, 1.54) is 0 Å². The zero-order valence-electron chi connectivity index (χ0n) is 11.0. The van der Waals surface area contributed by atoms with Gasteiger partial charge in [0.05, 0.1) is 18.7 Å².